The monoisotopic (exact) mass is 395 g/mol. The summed E-state index contributed by atoms with van der Waals surface area (Å²) in [5.41, 5.74) is 2.19. The molecule has 3 amide bonds. The van der Waals surface area contributed by atoms with Crippen molar-refractivity contribution in [1.82, 2.24) is 10.6 Å². The standard InChI is InChI=1S/C23H29N3O3/c1-16(2)29-21-9-5-6-17(14-21)15-24-23(28)26-20-12-10-18(11-13-20)22(27)25-19-7-3-4-8-19/h5-6,9-14,16,19H,3-4,7-8,15H2,1-2H3,(H,25,27)(H2,24,26,28). The van der Waals surface area contributed by atoms with Crippen molar-refractivity contribution in [3.8, 4) is 5.75 Å². The van der Waals surface area contributed by atoms with E-state index in [1.807, 2.05) is 38.1 Å². The zero-order valence-electron chi connectivity index (χ0n) is 17.0. The Morgan fingerprint density at radius 3 is 2.48 bits per heavy atom. The number of amides is 3. The summed E-state index contributed by atoms with van der Waals surface area (Å²) in [7, 11) is 0. The first-order valence-corrected chi connectivity index (χ1v) is 10.2. The largest absolute Gasteiger partial charge is 0.491 e. The van der Waals surface area contributed by atoms with Crippen LogP contribution in [0.5, 0.6) is 5.75 Å². The molecule has 6 heteroatoms. The third-order valence-electron chi connectivity index (χ3n) is 4.82. The Morgan fingerprint density at radius 1 is 1.07 bits per heavy atom. The third kappa shape index (κ3) is 6.52. The molecule has 0 atom stereocenters. The lowest BCUT2D eigenvalue weighted by molar-refractivity contribution is 0.0938. The Labute approximate surface area is 172 Å². The molecule has 3 N–H and O–H groups in total. The number of hydrogen-bond acceptors (Lipinski definition) is 3. The van der Waals surface area contributed by atoms with Crippen LogP contribution in [0.15, 0.2) is 48.5 Å². The molecule has 6 nitrogen and oxygen atoms in total. The zero-order valence-corrected chi connectivity index (χ0v) is 17.0. The number of carbonyl (C=O) groups excluding carboxylic acids is 2. The third-order valence-corrected chi connectivity index (χ3v) is 4.82. The Balaban J connectivity index is 1.47. The Hall–Kier alpha value is -3.02. The van der Waals surface area contributed by atoms with Crippen LogP contribution in [0.25, 0.3) is 0 Å². The molecule has 154 valence electrons. The van der Waals surface area contributed by atoms with E-state index in [4.69, 9.17) is 4.74 Å². The van der Waals surface area contributed by atoms with Crippen LogP contribution in [0.3, 0.4) is 0 Å². The van der Waals surface area contributed by atoms with Crippen LogP contribution in [-0.4, -0.2) is 24.1 Å². The van der Waals surface area contributed by atoms with E-state index in [2.05, 4.69) is 16.0 Å². The highest BCUT2D eigenvalue weighted by Gasteiger charge is 2.17. The lowest BCUT2D eigenvalue weighted by Gasteiger charge is -2.13. The summed E-state index contributed by atoms with van der Waals surface area (Å²) >= 11 is 0. The summed E-state index contributed by atoms with van der Waals surface area (Å²) in [6, 6.07) is 14.6. The van der Waals surface area contributed by atoms with E-state index in [9.17, 15) is 9.59 Å². The predicted molar refractivity (Wildman–Crippen MR) is 114 cm³/mol. The number of nitrogens with one attached hydrogen (secondary N) is 3. The Kier molecular flexibility index (Phi) is 7.11. The minimum Gasteiger partial charge on any atom is -0.491 e. The van der Waals surface area contributed by atoms with E-state index in [0.717, 1.165) is 24.2 Å². The second kappa shape index (κ2) is 9.96. The SMILES string of the molecule is CC(C)Oc1cccc(CNC(=O)Nc2ccc(C(=O)NC3CCCC3)cc2)c1. The molecular formula is C23H29N3O3. The molecule has 0 aliphatic heterocycles. The number of anilines is 1. The highest BCUT2D eigenvalue weighted by Crippen LogP contribution is 2.19. The molecule has 0 radical (unpaired) electrons. The van der Waals surface area contributed by atoms with Crippen molar-refractivity contribution >= 4 is 17.6 Å². The zero-order chi connectivity index (χ0) is 20.6. The molecule has 0 unspecified atom stereocenters. The maximum absolute atomic E-state index is 12.3. The van der Waals surface area contributed by atoms with E-state index in [-0.39, 0.29) is 24.1 Å². The number of ether oxygens (including phenoxy) is 1. The van der Waals surface area contributed by atoms with Gasteiger partial charge in [-0.1, -0.05) is 25.0 Å². The van der Waals surface area contributed by atoms with Gasteiger partial charge < -0.3 is 20.7 Å². The first-order chi connectivity index (χ1) is 14.0. The molecule has 1 saturated carbocycles. The van der Waals surface area contributed by atoms with Crippen molar-refractivity contribution in [2.45, 2.75) is 58.2 Å². The number of benzene rings is 2. The highest BCUT2D eigenvalue weighted by atomic mass is 16.5. The van der Waals surface area contributed by atoms with Crippen LogP contribution >= 0.6 is 0 Å². The molecule has 0 heterocycles. The molecule has 1 fully saturated rings. The van der Waals surface area contributed by atoms with Crippen molar-refractivity contribution in [1.29, 1.82) is 0 Å². The maximum atomic E-state index is 12.3. The summed E-state index contributed by atoms with van der Waals surface area (Å²) in [6.45, 7) is 4.34. The summed E-state index contributed by atoms with van der Waals surface area (Å²) in [4.78, 5) is 24.4. The summed E-state index contributed by atoms with van der Waals surface area (Å²) in [6.07, 6.45) is 4.57. The lowest BCUT2D eigenvalue weighted by Crippen LogP contribution is -2.32. The fraction of sp³-hybridized carbons (Fsp3) is 0.391. The number of carbonyl (C=O) groups is 2. The van der Waals surface area contributed by atoms with E-state index in [0.29, 0.717) is 17.8 Å². The molecule has 0 bridgehead atoms. The van der Waals surface area contributed by atoms with Gasteiger partial charge in [-0.3, -0.25) is 4.79 Å². The molecule has 0 saturated heterocycles. The fourth-order valence-corrected chi connectivity index (χ4v) is 3.40. The van der Waals surface area contributed by atoms with Crippen molar-refractivity contribution in [2.75, 3.05) is 5.32 Å². The van der Waals surface area contributed by atoms with Crippen LogP contribution in [0, 0.1) is 0 Å². The average Bonchev–Trinajstić information content (AvgIpc) is 3.20. The lowest BCUT2D eigenvalue weighted by atomic mass is 10.1. The second-order valence-electron chi connectivity index (χ2n) is 7.65. The smallest absolute Gasteiger partial charge is 0.319 e. The minimum absolute atomic E-state index is 0.0589. The topological polar surface area (TPSA) is 79.5 Å². The number of rotatable bonds is 7. The van der Waals surface area contributed by atoms with Gasteiger partial charge in [0, 0.05) is 23.8 Å². The van der Waals surface area contributed by atoms with Gasteiger partial charge in [0.1, 0.15) is 5.75 Å². The van der Waals surface area contributed by atoms with Crippen LogP contribution in [-0.2, 0) is 6.54 Å². The normalized spacial score (nSPS) is 13.9. The molecule has 1 aliphatic carbocycles. The summed E-state index contributed by atoms with van der Waals surface area (Å²) in [5.74, 6) is 0.725. The van der Waals surface area contributed by atoms with Gasteiger partial charge in [0.05, 0.1) is 6.10 Å². The van der Waals surface area contributed by atoms with Crippen LogP contribution in [0.2, 0.25) is 0 Å². The van der Waals surface area contributed by atoms with Gasteiger partial charge in [-0.05, 0) is 68.7 Å². The van der Waals surface area contributed by atoms with E-state index < -0.39 is 0 Å². The number of hydrogen-bond donors (Lipinski definition) is 3. The molecule has 2 aromatic carbocycles. The Bertz CT molecular complexity index is 828. The van der Waals surface area contributed by atoms with Crippen LogP contribution in [0.1, 0.15) is 55.5 Å². The quantitative estimate of drug-likeness (QED) is 0.647. The van der Waals surface area contributed by atoms with Gasteiger partial charge in [-0.25, -0.2) is 4.79 Å². The van der Waals surface area contributed by atoms with Crippen molar-refractivity contribution < 1.29 is 14.3 Å². The van der Waals surface area contributed by atoms with Gasteiger partial charge in [0.15, 0.2) is 0 Å². The van der Waals surface area contributed by atoms with Gasteiger partial charge in [0.2, 0.25) is 0 Å². The van der Waals surface area contributed by atoms with E-state index in [1.165, 1.54) is 12.8 Å². The van der Waals surface area contributed by atoms with Crippen molar-refractivity contribution in [3.05, 3.63) is 59.7 Å². The summed E-state index contributed by atoms with van der Waals surface area (Å²) in [5, 5.41) is 8.68. The van der Waals surface area contributed by atoms with Crippen molar-refractivity contribution in [2.24, 2.45) is 0 Å². The first kappa shape index (κ1) is 20.7. The van der Waals surface area contributed by atoms with Gasteiger partial charge >= 0.3 is 6.03 Å². The minimum atomic E-state index is -0.302. The van der Waals surface area contributed by atoms with Gasteiger partial charge in [-0.2, -0.15) is 0 Å². The number of urea groups is 1. The molecule has 0 spiro atoms. The van der Waals surface area contributed by atoms with Crippen LogP contribution < -0.4 is 20.7 Å². The molecule has 29 heavy (non-hydrogen) atoms. The molecule has 2 aromatic rings. The van der Waals surface area contributed by atoms with E-state index in [1.54, 1.807) is 24.3 Å². The van der Waals surface area contributed by atoms with Gasteiger partial charge in [0.25, 0.3) is 5.91 Å². The maximum Gasteiger partial charge on any atom is 0.319 e. The second-order valence-corrected chi connectivity index (χ2v) is 7.65. The van der Waals surface area contributed by atoms with Crippen molar-refractivity contribution in [3.63, 3.8) is 0 Å². The molecular weight excluding hydrogens is 366 g/mol. The van der Waals surface area contributed by atoms with Crippen LogP contribution in [0.4, 0.5) is 10.5 Å². The van der Waals surface area contributed by atoms with E-state index >= 15 is 0 Å². The molecule has 3 rings (SSSR count). The molecule has 1 aliphatic rings. The predicted octanol–water partition coefficient (Wildman–Crippen LogP) is 4.47. The fourth-order valence-electron chi connectivity index (χ4n) is 3.40. The summed E-state index contributed by atoms with van der Waals surface area (Å²) < 4.78 is 5.67. The van der Waals surface area contributed by atoms with Gasteiger partial charge in [-0.15, -0.1) is 0 Å². The Morgan fingerprint density at radius 2 is 1.79 bits per heavy atom. The average molecular weight is 396 g/mol. The molecule has 0 aromatic heterocycles. The first-order valence-electron chi connectivity index (χ1n) is 10.2. The highest BCUT2D eigenvalue weighted by molar-refractivity contribution is 5.95.